The molecule has 122 valence electrons. The van der Waals surface area contributed by atoms with Crippen molar-refractivity contribution < 1.29 is 4.39 Å². The fourth-order valence-electron chi connectivity index (χ4n) is 5.02. The molecule has 0 unspecified atom stereocenters. The molecule has 0 aromatic heterocycles. The molecule has 1 aromatic carbocycles. The van der Waals surface area contributed by atoms with Gasteiger partial charge in [-0.15, -0.1) is 0 Å². The Morgan fingerprint density at radius 1 is 0.909 bits per heavy atom. The highest BCUT2D eigenvalue weighted by Gasteiger charge is 2.31. The maximum absolute atomic E-state index is 13.0. The van der Waals surface area contributed by atoms with Gasteiger partial charge >= 0.3 is 0 Å². The van der Waals surface area contributed by atoms with Gasteiger partial charge in [-0.1, -0.05) is 56.5 Å². The smallest absolute Gasteiger partial charge is 0.123 e. The lowest BCUT2D eigenvalue weighted by atomic mass is 9.72. The second-order valence-corrected chi connectivity index (χ2v) is 11.2. The summed E-state index contributed by atoms with van der Waals surface area (Å²) in [5.74, 6) is 2.61. The summed E-state index contributed by atoms with van der Waals surface area (Å²) in [5.41, 5.74) is 1.36. The Bertz CT molecular complexity index is 439. The van der Waals surface area contributed by atoms with Crippen LogP contribution in [0.5, 0.6) is 0 Å². The van der Waals surface area contributed by atoms with Crippen molar-refractivity contribution in [2.45, 2.75) is 75.9 Å². The van der Waals surface area contributed by atoms with E-state index in [-0.39, 0.29) is 14.6 Å². The van der Waals surface area contributed by atoms with Crippen LogP contribution in [0.4, 0.5) is 4.39 Å². The van der Waals surface area contributed by atoms with Crippen LogP contribution in [-0.4, -0.2) is 8.80 Å². The molecule has 1 aliphatic heterocycles. The fourth-order valence-corrected chi connectivity index (χ4v) is 8.50. The molecule has 22 heavy (non-hydrogen) atoms. The van der Waals surface area contributed by atoms with Crippen LogP contribution in [-0.2, 0) is 0 Å². The Balaban J connectivity index is 1.47. The van der Waals surface area contributed by atoms with Gasteiger partial charge in [0, 0.05) is 8.80 Å². The quantitative estimate of drug-likeness (QED) is 0.584. The van der Waals surface area contributed by atoms with Crippen molar-refractivity contribution in [3.05, 3.63) is 35.6 Å². The van der Waals surface area contributed by atoms with Crippen LogP contribution in [0.3, 0.4) is 0 Å². The summed E-state index contributed by atoms with van der Waals surface area (Å²) in [5, 5.41) is 0. The minimum absolute atomic E-state index is 0.106. The molecule has 0 nitrogen and oxygen atoms in total. The van der Waals surface area contributed by atoms with Crippen molar-refractivity contribution in [3.63, 3.8) is 0 Å². The molecule has 1 heterocycles. The molecular formula is C20H31FSi. The highest BCUT2D eigenvalue weighted by atomic mass is 28.3. The summed E-state index contributed by atoms with van der Waals surface area (Å²) in [6.45, 7) is 2.36. The maximum Gasteiger partial charge on any atom is 0.123 e. The molecule has 0 amide bonds. The van der Waals surface area contributed by atoms with Crippen LogP contribution >= 0.6 is 0 Å². The van der Waals surface area contributed by atoms with Crippen molar-refractivity contribution in [1.29, 1.82) is 0 Å². The zero-order valence-electron chi connectivity index (χ0n) is 14.1. The molecule has 1 aromatic rings. The second kappa shape index (κ2) is 7.76. The van der Waals surface area contributed by atoms with E-state index in [1.807, 2.05) is 12.1 Å². The fraction of sp³-hybridized carbons (Fsp3) is 0.700. The van der Waals surface area contributed by atoms with E-state index in [4.69, 9.17) is 0 Å². The molecule has 2 fully saturated rings. The van der Waals surface area contributed by atoms with Gasteiger partial charge in [0.15, 0.2) is 0 Å². The topological polar surface area (TPSA) is 0 Å². The van der Waals surface area contributed by atoms with E-state index in [1.54, 1.807) is 43.1 Å². The van der Waals surface area contributed by atoms with E-state index < -0.39 is 0 Å². The lowest BCUT2D eigenvalue weighted by Crippen LogP contribution is -2.28. The molecule has 1 saturated carbocycles. The Kier molecular flexibility index (Phi) is 5.73. The highest BCUT2D eigenvalue weighted by Crippen LogP contribution is 2.43. The van der Waals surface area contributed by atoms with Crippen LogP contribution in [0.25, 0.3) is 0 Å². The number of benzene rings is 1. The molecule has 3 rings (SSSR count). The summed E-state index contributed by atoms with van der Waals surface area (Å²) in [6, 6.07) is 12.1. The molecular weight excluding hydrogens is 287 g/mol. The van der Waals surface area contributed by atoms with Crippen LogP contribution in [0.2, 0.25) is 18.1 Å². The largest absolute Gasteiger partial charge is 0.207 e. The standard InChI is InChI=1S/C20H31FSi/c1-2-13-22-14-11-19(12-15-22)17-5-3-16(4-6-17)18-7-9-20(21)10-8-18/h7-10,16-17,19,22H,2-6,11-15H2,1H3/t16?,17?,19-,22-. The molecule has 0 bridgehead atoms. The summed E-state index contributed by atoms with van der Waals surface area (Å²) < 4.78 is 13.0. The van der Waals surface area contributed by atoms with Crippen LogP contribution < -0.4 is 0 Å². The van der Waals surface area contributed by atoms with Crippen LogP contribution in [0, 0.1) is 17.7 Å². The van der Waals surface area contributed by atoms with E-state index in [0.29, 0.717) is 5.92 Å². The summed E-state index contributed by atoms with van der Waals surface area (Å²) in [4.78, 5) is 0. The normalized spacial score (nSPS) is 32.8. The summed E-state index contributed by atoms with van der Waals surface area (Å²) in [7, 11) is -0.321. The van der Waals surface area contributed by atoms with Gasteiger partial charge in [0.05, 0.1) is 0 Å². The Labute approximate surface area is 137 Å². The summed E-state index contributed by atoms with van der Waals surface area (Å²) in [6.07, 6.45) is 9.97. The average Bonchev–Trinajstić information content (AvgIpc) is 2.57. The van der Waals surface area contributed by atoms with Gasteiger partial charge in [0.2, 0.25) is 0 Å². The van der Waals surface area contributed by atoms with Gasteiger partial charge in [-0.3, -0.25) is 0 Å². The first-order chi connectivity index (χ1) is 10.8. The van der Waals surface area contributed by atoms with Gasteiger partial charge in [0.1, 0.15) is 5.82 Å². The molecule has 0 spiro atoms. The molecule has 2 heteroatoms. The molecule has 1 aliphatic carbocycles. The monoisotopic (exact) mass is 318 g/mol. The van der Waals surface area contributed by atoms with Gasteiger partial charge in [-0.25, -0.2) is 4.39 Å². The van der Waals surface area contributed by atoms with E-state index >= 15 is 0 Å². The lowest BCUT2D eigenvalue weighted by Gasteiger charge is -2.37. The molecule has 0 radical (unpaired) electrons. The van der Waals surface area contributed by atoms with E-state index in [1.165, 1.54) is 37.7 Å². The average molecular weight is 319 g/mol. The van der Waals surface area contributed by atoms with Crippen LogP contribution in [0.1, 0.15) is 63.4 Å². The minimum Gasteiger partial charge on any atom is -0.207 e. The lowest BCUT2D eigenvalue weighted by molar-refractivity contribution is 0.216. The van der Waals surface area contributed by atoms with Crippen molar-refractivity contribution in [2.75, 3.05) is 0 Å². The van der Waals surface area contributed by atoms with E-state index in [0.717, 1.165) is 11.8 Å². The second-order valence-electron chi connectivity index (χ2n) is 7.73. The molecule has 0 N–H and O–H groups in total. The molecule has 2 aliphatic rings. The Hall–Kier alpha value is -0.633. The zero-order chi connectivity index (χ0) is 15.4. The zero-order valence-corrected chi connectivity index (χ0v) is 15.2. The van der Waals surface area contributed by atoms with Crippen molar-refractivity contribution in [2.24, 2.45) is 11.8 Å². The summed E-state index contributed by atoms with van der Waals surface area (Å²) >= 11 is 0. The van der Waals surface area contributed by atoms with Crippen molar-refractivity contribution in [1.82, 2.24) is 0 Å². The van der Waals surface area contributed by atoms with Gasteiger partial charge < -0.3 is 0 Å². The van der Waals surface area contributed by atoms with Crippen molar-refractivity contribution >= 4 is 8.80 Å². The number of hydrogen-bond acceptors (Lipinski definition) is 0. The Morgan fingerprint density at radius 2 is 1.50 bits per heavy atom. The third-order valence-electron chi connectivity index (χ3n) is 6.37. The predicted octanol–water partition coefficient (Wildman–Crippen LogP) is 6.15. The SMILES string of the molecule is CCC[Si@H]1CC[C@H](C2CCC(c3ccc(F)cc3)CC2)CC1. The third-order valence-corrected chi connectivity index (χ3v) is 10.1. The molecule has 0 atom stereocenters. The number of halogens is 1. The van der Waals surface area contributed by atoms with Crippen LogP contribution in [0.15, 0.2) is 24.3 Å². The highest BCUT2D eigenvalue weighted by molar-refractivity contribution is 6.58. The number of hydrogen-bond donors (Lipinski definition) is 0. The number of rotatable bonds is 4. The van der Waals surface area contributed by atoms with E-state index in [2.05, 4.69) is 6.92 Å². The first-order valence-corrected chi connectivity index (χ1v) is 12.0. The first-order valence-electron chi connectivity index (χ1n) is 9.51. The first kappa shape index (κ1) is 16.2. The van der Waals surface area contributed by atoms with E-state index in [9.17, 15) is 4.39 Å². The molecule has 1 saturated heterocycles. The van der Waals surface area contributed by atoms with Gasteiger partial charge in [-0.2, -0.15) is 0 Å². The third kappa shape index (κ3) is 4.01. The predicted molar refractivity (Wildman–Crippen MR) is 95.7 cm³/mol. The Morgan fingerprint density at radius 3 is 2.09 bits per heavy atom. The minimum atomic E-state index is -0.321. The van der Waals surface area contributed by atoms with Gasteiger partial charge in [-0.05, 0) is 61.1 Å². The van der Waals surface area contributed by atoms with Crippen molar-refractivity contribution in [3.8, 4) is 0 Å². The maximum atomic E-state index is 13.0. The van der Waals surface area contributed by atoms with Gasteiger partial charge in [0.25, 0.3) is 0 Å².